The monoisotopic (exact) mass is 528 g/mol. The molecule has 2 aliphatic heterocycles. The molecule has 37 heavy (non-hydrogen) atoms. The maximum Gasteiger partial charge on any atom is 0.217 e. The van der Waals surface area contributed by atoms with Gasteiger partial charge < -0.3 is 54.5 Å². The number of aliphatic hydroxyl groups is 5. The summed E-state index contributed by atoms with van der Waals surface area (Å²) in [4.78, 5) is 14.4. The van der Waals surface area contributed by atoms with Gasteiger partial charge in [-0.25, -0.2) is 0 Å². The molecule has 2 aliphatic rings. The van der Waals surface area contributed by atoms with Crippen LogP contribution in [-0.4, -0.2) is 119 Å². The summed E-state index contributed by atoms with van der Waals surface area (Å²) in [5.74, 6) is 0.109. The molecule has 2 heterocycles. The molecule has 1 amide bonds. The molecule has 206 valence electrons. The van der Waals surface area contributed by atoms with Crippen LogP contribution in [0.4, 0.5) is 0 Å². The van der Waals surface area contributed by atoms with Gasteiger partial charge in [0.25, 0.3) is 0 Å². The number of carbonyl (C=O) groups excluding carboxylic acids is 1. The molecular weight excluding hydrogens is 496 g/mol. The summed E-state index contributed by atoms with van der Waals surface area (Å²) in [7, 11) is 0. The van der Waals surface area contributed by atoms with Gasteiger partial charge in [-0.05, 0) is 17.7 Å². The van der Waals surface area contributed by atoms with Crippen LogP contribution >= 0.6 is 0 Å². The molecule has 0 radical (unpaired) electrons. The van der Waals surface area contributed by atoms with Gasteiger partial charge in [-0.3, -0.25) is 4.79 Å². The van der Waals surface area contributed by atoms with Gasteiger partial charge in [-0.2, -0.15) is 0 Å². The number of rotatable bonds is 11. The average Bonchev–Trinajstić information content (AvgIpc) is 2.89. The Labute approximate surface area is 212 Å². The minimum Gasteiger partial charge on any atom is -0.491 e. The first kappa shape index (κ1) is 29.0. The summed E-state index contributed by atoms with van der Waals surface area (Å²) < 4.78 is 28.2. The Morgan fingerprint density at radius 3 is 2.38 bits per heavy atom. The molecule has 10 atom stereocenters. The van der Waals surface area contributed by atoms with Crippen molar-refractivity contribution in [2.45, 2.75) is 68.3 Å². The first-order valence-electron chi connectivity index (χ1n) is 11.6. The summed E-state index contributed by atoms with van der Waals surface area (Å²) in [5, 5.41) is 57.5. The van der Waals surface area contributed by atoms with Crippen molar-refractivity contribution in [2.75, 3.05) is 26.4 Å². The number of benzene rings is 1. The van der Waals surface area contributed by atoms with Gasteiger partial charge in [-0.1, -0.05) is 23.3 Å². The van der Waals surface area contributed by atoms with Gasteiger partial charge in [0, 0.05) is 11.8 Å². The van der Waals surface area contributed by atoms with Crippen LogP contribution in [0.3, 0.4) is 0 Å². The zero-order valence-electron chi connectivity index (χ0n) is 20.0. The smallest absolute Gasteiger partial charge is 0.217 e. The van der Waals surface area contributed by atoms with Crippen LogP contribution in [0.5, 0.6) is 5.75 Å². The quantitative estimate of drug-likeness (QED) is 0.0810. The van der Waals surface area contributed by atoms with Gasteiger partial charge in [0.1, 0.15) is 55.0 Å². The van der Waals surface area contributed by atoms with E-state index < -0.39 is 73.9 Å². The molecule has 15 nitrogen and oxygen atoms in total. The van der Waals surface area contributed by atoms with E-state index in [1.807, 2.05) is 6.07 Å². The van der Waals surface area contributed by atoms with Crippen molar-refractivity contribution < 1.29 is 54.0 Å². The lowest BCUT2D eigenvalue weighted by Gasteiger charge is -2.47. The van der Waals surface area contributed by atoms with E-state index in [4.69, 9.17) is 29.2 Å². The van der Waals surface area contributed by atoms with Crippen LogP contribution in [0.15, 0.2) is 35.4 Å². The third kappa shape index (κ3) is 7.49. The molecule has 0 bridgehead atoms. The van der Waals surface area contributed by atoms with Crippen LogP contribution in [0, 0.1) is 0 Å². The van der Waals surface area contributed by atoms with Crippen molar-refractivity contribution in [3.63, 3.8) is 0 Å². The number of para-hydroxylation sites is 1. The molecule has 0 aliphatic carbocycles. The molecule has 2 fully saturated rings. The van der Waals surface area contributed by atoms with Gasteiger partial charge >= 0.3 is 0 Å². The van der Waals surface area contributed by atoms with Crippen LogP contribution < -0.4 is 10.1 Å². The van der Waals surface area contributed by atoms with Crippen molar-refractivity contribution in [3.05, 3.63) is 40.8 Å². The number of hydrogen-bond acceptors (Lipinski definition) is 12. The number of ether oxygens (including phenoxy) is 5. The second-order valence-corrected chi connectivity index (χ2v) is 8.50. The Balaban J connectivity index is 1.69. The number of aliphatic hydroxyl groups excluding tert-OH is 5. The van der Waals surface area contributed by atoms with Crippen molar-refractivity contribution in [1.82, 2.24) is 5.32 Å². The van der Waals surface area contributed by atoms with E-state index in [0.29, 0.717) is 5.75 Å². The van der Waals surface area contributed by atoms with E-state index in [2.05, 4.69) is 15.3 Å². The molecule has 0 spiro atoms. The lowest BCUT2D eigenvalue weighted by atomic mass is 9.95. The molecule has 0 saturated carbocycles. The highest BCUT2D eigenvalue weighted by Gasteiger charge is 2.51. The standard InChI is InChI=1S/C22H32N4O11/c1-11(28)25-15-17(30)20(37-22-19(32)18(31)16(29)13(35-22)9-24-26-23)14(10-27)36-21(15)34-8-7-33-12-5-3-2-4-6-12/h2-6,13-22,27,29-32H,7-10H2,1H3,(H,25,28)/t13?,14?,15-,16?,17?,18?,19-,20-,21?,22?/m1/s1. The number of nitrogens with one attached hydrogen (secondary N) is 1. The molecule has 6 N–H and O–H groups in total. The Morgan fingerprint density at radius 2 is 1.73 bits per heavy atom. The predicted octanol–water partition coefficient (Wildman–Crippen LogP) is -1.83. The number of nitrogens with zero attached hydrogens (tertiary/aromatic N) is 3. The highest BCUT2D eigenvalue weighted by atomic mass is 16.7. The number of carbonyl (C=O) groups is 1. The normalized spacial score (nSPS) is 35.8. The van der Waals surface area contributed by atoms with E-state index in [1.54, 1.807) is 24.3 Å². The minimum absolute atomic E-state index is 0.0155. The molecule has 15 heteroatoms. The lowest BCUT2D eigenvalue weighted by molar-refractivity contribution is -0.345. The van der Waals surface area contributed by atoms with E-state index in [-0.39, 0.29) is 19.8 Å². The third-order valence-electron chi connectivity index (χ3n) is 5.88. The minimum atomic E-state index is -1.76. The Kier molecular flexibility index (Phi) is 10.8. The Morgan fingerprint density at radius 1 is 1.03 bits per heavy atom. The van der Waals surface area contributed by atoms with Crippen LogP contribution in [0.2, 0.25) is 0 Å². The number of hydrogen-bond donors (Lipinski definition) is 6. The summed E-state index contributed by atoms with van der Waals surface area (Å²) in [5.41, 5.74) is 8.54. The third-order valence-corrected chi connectivity index (χ3v) is 5.88. The lowest BCUT2D eigenvalue weighted by Crippen LogP contribution is -2.67. The van der Waals surface area contributed by atoms with Crippen LogP contribution in [-0.2, 0) is 23.7 Å². The molecule has 1 aromatic rings. The molecular formula is C22H32N4O11. The Bertz CT molecular complexity index is 906. The second kappa shape index (κ2) is 13.8. The highest BCUT2D eigenvalue weighted by Crippen LogP contribution is 2.30. The second-order valence-electron chi connectivity index (χ2n) is 8.50. The van der Waals surface area contributed by atoms with Crippen LogP contribution in [0.25, 0.3) is 10.4 Å². The maximum absolute atomic E-state index is 11.8. The SMILES string of the molecule is CC(=O)N[C@H]1C(OCCOc2ccccc2)OC(CO)[C@@H](OC2OC(CN=[N+]=[N-])C(O)C(O)[C@H]2O)C1O. The van der Waals surface area contributed by atoms with Crippen molar-refractivity contribution in [3.8, 4) is 5.75 Å². The van der Waals surface area contributed by atoms with Gasteiger partial charge in [0.15, 0.2) is 12.6 Å². The van der Waals surface area contributed by atoms with Crippen molar-refractivity contribution in [1.29, 1.82) is 0 Å². The highest BCUT2D eigenvalue weighted by molar-refractivity contribution is 5.73. The van der Waals surface area contributed by atoms with Gasteiger partial charge in [0.2, 0.25) is 5.91 Å². The summed E-state index contributed by atoms with van der Waals surface area (Å²) in [6, 6.07) is 7.83. The van der Waals surface area contributed by atoms with Crippen molar-refractivity contribution >= 4 is 5.91 Å². The zero-order chi connectivity index (χ0) is 26.9. The molecule has 2 saturated heterocycles. The molecule has 0 aromatic heterocycles. The average molecular weight is 529 g/mol. The largest absolute Gasteiger partial charge is 0.491 e. The molecule has 3 rings (SSSR count). The topological polar surface area (TPSA) is 225 Å². The van der Waals surface area contributed by atoms with Gasteiger partial charge in [0.05, 0.1) is 25.9 Å². The molecule has 1 aromatic carbocycles. The Hall–Kier alpha value is -2.56. The first-order valence-corrected chi connectivity index (χ1v) is 11.6. The molecule has 7 unspecified atom stereocenters. The fourth-order valence-corrected chi connectivity index (χ4v) is 4.06. The summed E-state index contributed by atoms with van der Waals surface area (Å²) in [6.45, 7) is 0.352. The summed E-state index contributed by atoms with van der Waals surface area (Å²) in [6.07, 6.45) is -13.2. The van der Waals surface area contributed by atoms with E-state index in [9.17, 15) is 30.3 Å². The van der Waals surface area contributed by atoms with Crippen molar-refractivity contribution in [2.24, 2.45) is 5.11 Å². The van der Waals surface area contributed by atoms with Crippen LogP contribution in [0.1, 0.15) is 6.92 Å². The predicted molar refractivity (Wildman–Crippen MR) is 123 cm³/mol. The fraction of sp³-hybridized carbons (Fsp3) is 0.682. The van der Waals surface area contributed by atoms with Gasteiger partial charge in [-0.15, -0.1) is 0 Å². The van der Waals surface area contributed by atoms with E-state index in [1.165, 1.54) is 6.92 Å². The van der Waals surface area contributed by atoms with E-state index in [0.717, 1.165) is 0 Å². The summed E-state index contributed by atoms with van der Waals surface area (Å²) >= 11 is 0. The number of amides is 1. The van der Waals surface area contributed by atoms with E-state index >= 15 is 0 Å². The fourth-order valence-electron chi connectivity index (χ4n) is 4.06. The number of azide groups is 1. The zero-order valence-corrected chi connectivity index (χ0v) is 20.0. The maximum atomic E-state index is 11.8. The first-order chi connectivity index (χ1) is 17.8.